The first kappa shape index (κ1) is 23.8. The van der Waals surface area contributed by atoms with Crippen molar-refractivity contribution in [3.63, 3.8) is 0 Å². The minimum Gasteiger partial charge on any atom is -0.426 e. The van der Waals surface area contributed by atoms with E-state index < -0.39 is 26.0 Å². The van der Waals surface area contributed by atoms with Crippen molar-refractivity contribution in [1.82, 2.24) is 0 Å². The second kappa shape index (κ2) is 7.56. The first-order valence-corrected chi connectivity index (χ1v) is 8.44. The Morgan fingerprint density at radius 3 is 1.67 bits per heavy atom. The van der Waals surface area contributed by atoms with Gasteiger partial charge in [-0.05, 0) is 27.7 Å². The second-order valence-electron chi connectivity index (χ2n) is 7.29. The zero-order valence-electron chi connectivity index (χ0n) is 14.4. The van der Waals surface area contributed by atoms with Crippen LogP contribution in [-0.4, -0.2) is 22.6 Å². The molecule has 1 rings (SSSR count). The van der Waals surface area contributed by atoms with Crippen LogP contribution in [0, 0.1) is 0 Å². The minimum atomic E-state index is -5.75. The van der Waals surface area contributed by atoms with E-state index in [0.29, 0.717) is 0 Å². The second-order valence-corrected chi connectivity index (χ2v) is 11.2. The fourth-order valence-electron chi connectivity index (χ4n) is 2.67. The van der Waals surface area contributed by atoms with Gasteiger partial charge in [-0.3, -0.25) is 0 Å². The molecule has 142 valence electrons. The zero-order valence-corrected chi connectivity index (χ0v) is 16.8. The average Bonchev–Trinajstić information content (AvgIpc) is 2.22. The van der Waals surface area contributed by atoms with Crippen LogP contribution in [-0.2, 0) is 20.4 Å². The molecular weight excluding hydrogens is 441 g/mol. The molecule has 0 aromatic heterocycles. The van der Waals surface area contributed by atoms with Crippen molar-refractivity contribution < 1.29 is 47.1 Å². The third-order valence-corrected chi connectivity index (χ3v) is 6.47. The molecule has 0 saturated carbocycles. The quantitative estimate of drug-likeness (QED) is 0.308. The topological polar surface area (TPSA) is 9.23 Å². The molecule has 0 heterocycles. The van der Waals surface area contributed by atoms with Crippen LogP contribution in [0.2, 0.25) is 0 Å². The Labute approximate surface area is 154 Å². The molecule has 1 aromatic rings. The van der Waals surface area contributed by atoms with Crippen molar-refractivity contribution >= 4 is 13.2 Å². The van der Waals surface area contributed by atoms with Crippen LogP contribution in [0.15, 0.2) is 24.3 Å². The average molecular weight is 463 g/mol. The molecule has 8 heteroatoms. The molecular formula is C16H22F5OPPd. The number of ether oxygens (including phenoxy) is 1. The predicted octanol–water partition coefficient (Wildman–Crippen LogP) is 5.92. The third-order valence-electron chi connectivity index (χ3n) is 2.99. The van der Waals surface area contributed by atoms with E-state index in [1.165, 1.54) is 12.1 Å². The monoisotopic (exact) mass is 462 g/mol. The van der Waals surface area contributed by atoms with Gasteiger partial charge in [-0.1, -0.05) is 61.6 Å². The Hall–Kier alpha value is -0.238. The first-order valence-electron chi connectivity index (χ1n) is 7.10. The van der Waals surface area contributed by atoms with Crippen molar-refractivity contribution in [1.29, 1.82) is 0 Å². The molecule has 0 spiro atoms. The van der Waals surface area contributed by atoms with Gasteiger partial charge >= 0.3 is 12.3 Å². The molecule has 1 aromatic carbocycles. The van der Waals surface area contributed by atoms with Crippen LogP contribution < -0.4 is 10.0 Å². The van der Waals surface area contributed by atoms with E-state index in [4.69, 9.17) is 0 Å². The van der Waals surface area contributed by atoms with Gasteiger partial charge in [0.1, 0.15) is 5.75 Å². The Kier molecular flexibility index (Phi) is 7.48. The van der Waals surface area contributed by atoms with Crippen molar-refractivity contribution in [2.45, 2.75) is 64.1 Å². The first-order chi connectivity index (χ1) is 10.1. The number of alkyl halides is 5. The predicted molar refractivity (Wildman–Crippen MR) is 84.1 cm³/mol. The maximum absolute atomic E-state index is 13.1. The molecule has 0 atom stereocenters. The SMILES string of the molecule is CC(C)(C)P(c1cccc(OC(F)(F)C(F)(F)F)c1)C(C)(C)C.[Pd]. The van der Waals surface area contributed by atoms with Gasteiger partial charge in [0.2, 0.25) is 0 Å². The summed E-state index contributed by atoms with van der Waals surface area (Å²) in [4.78, 5) is 0. The molecule has 0 amide bonds. The molecule has 0 bridgehead atoms. The minimum absolute atomic E-state index is 0. The Balaban J connectivity index is 0.00000529. The molecule has 0 aliphatic carbocycles. The molecule has 0 unspecified atom stereocenters. The Morgan fingerprint density at radius 2 is 1.29 bits per heavy atom. The van der Waals surface area contributed by atoms with Crippen LogP contribution in [0.3, 0.4) is 0 Å². The molecule has 0 N–H and O–H groups in total. The smallest absolute Gasteiger partial charge is 0.426 e. The van der Waals surface area contributed by atoms with Gasteiger partial charge in [0.15, 0.2) is 0 Å². The van der Waals surface area contributed by atoms with Gasteiger partial charge in [0, 0.05) is 20.4 Å². The molecule has 0 radical (unpaired) electrons. The summed E-state index contributed by atoms with van der Waals surface area (Å²) in [6.45, 7) is 12.2. The molecule has 24 heavy (non-hydrogen) atoms. The maximum Gasteiger partial charge on any atom is 0.499 e. The van der Waals surface area contributed by atoms with Crippen molar-refractivity contribution in [2.24, 2.45) is 0 Å². The summed E-state index contributed by atoms with van der Waals surface area (Å²) < 4.78 is 66.9. The van der Waals surface area contributed by atoms with Crippen LogP contribution in [0.25, 0.3) is 0 Å². The Morgan fingerprint density at radius 1 is 0.833 bits per heavy atom. The van der Waals surface area contributed by atoms with Gasteiger partial charge in [-0.25, -0.2) is 0 Å². The molecule has 0 aliphatic rings. The summed E-state index contributed by atoms with van der Waals surface area (Å²) in [5.41, 5.74) is 0. The fraction of sp³-hybridized carbons (Fsp3) is 0.625. The number of hydrogen-bond acceptors (Lipinski definition) is 1. The Bertz CT molecular complexity index is 533. The summed E-state index contributed by atoms with van der Waals surface area (Å²) in [5, 5.41) is 0.452. The summed E-state index contributed by atoms with van der Waals surface area (Å²) in [6.07, 6.45) is -11.0. The summed E-state index contributed by atoms with van der Waals surface area (Å²) >= 11 is 0. The van der Waals surface area contributed by atoms with Crippen LogP contribution in [0.4, 0.5) is 22.0 Å². The van der Waals surface area contributed by atoms with Gasteiger partial charge < -0.3 is 4.74 Å². The molecule has 0 fully saturated rings. The molecule has 0 saturated heterocycles. The summed E-state index contributed by atoms with van der Waals surface area (Å²) in [6, 6.07) is 5.61. The van der Waals surface area contributed by atoms with Gasteiger partial charge in [-0.15, -0.1) is 0 Å². The van der Waals surface area contributed by atoms with Crippen molar-refractivity contribution in [2.75, 3.05) is 0 Å². The van der Waals surface area contributed by atoms with Gasteiger partial charge in [0.05, 0.1) is 0 Å². The van der Waals surface area contributed by atoms with Gasteiger partial charge in [0.25, 0.3) is 0 Å². The number of rotatable bonds is 3. The summed E-state index contributed by atoms with van der Waals surface area (Å²) in [5.74, 6) is -0.481. The zero-order chi connectivity index (χ0) is 18.3. The van der Waals surface area contributed by atoms with Crippen LogP contribution in [0.5, 0.6) is 5.75 Å². The standard InChI is InChI=1S/C16H22F5OP.Pd/c1-13(2,3)23(14(4,5)6)12-9-7-8-11(10-12)22-16(20,21)15(17,18)19;/h7-10H,1-6H3;. The van der Waals surface area contributed by atoms with Crippen molar-refractivity contribution in [3.05, 3.63) is 24.3 Å². The maximum atomic E-state index is 13.1. The van der Waals surface area contributed by atoms with E-state index in [1.807, 2.05) is 41.5 Å². The van der Waals surface area contributed by atoms with E-state index in [0.717, 1.165) is 11.4 Å². The van der Waals surface area contributed by atoms with Crippen LogP contribution >= 0.6 is 7.92 Å². The van der Waals surface area contributed by atoms with E-state index in [9.17, 15) is 22.0 Å². The molecule has 1 nitrogen and oxygen atoms in total. The number of hydrogen-bond donors (Lipinski definition) is 0. The molecule has 0 aliphatic heterocycles. The summed E-state index contributed by atoms with van der Waals surface area (Å²) in [7, 11) is -0.830. The van der Waals surface area contributed by atoms with E-state index in [1.54, 1.807) is 6.07 Å². The van der Waals surface area contributed by atoms with Gasteiger partial charge in [-0.2, -0.15) is 22.0 Å². The third kappa shape index (κ3) is 5.93. The van der Waals surface area contributed by atoms with E-state index >= 15 is 0 Å². The van der Waals surface area contributed by atoms with E-state index in [-0.39, 0.29) is 30.7 Å². The van der Waals surface area contributed by atoms with Crippen molar-refractivity contribution in [3.8, 4) is 5.75 Å². The fourth-order valence-corrected chi connectivity index (χ4v) is 6.73. The van der Waals surface area contributed by atoms with E-state index in [2.05, 4.69) is 4.74 Å². The largest absolute Gasteiger partial charge is 0.499 e. The normalized spacial score (nSPS) is 13.7. The number of halogens is 5. The number of benzene rings is 1. The van der Waals surface area contributed by atoms with Crippen LogP contribution in [0.1, 0.15) is 41.5 Å².